The first-order valence-corrected chi connectivity index (χ1v) is 31.3. The molecule has 0 bridgehead atoms. The number of nitrogens with one attached hydrogen (secondary N) is 1. The second-order valence-electron chi connectivity index (χ2n) is 23.5. The molecule has 0 unspecified atom stereocenters. The van der Waals surface area contributed by atoms with Gasteiger partial charge in [-0.3, -0.25) is 28.8 Å². The standard InChI is InChI=1S/C17H27F3N2O2.C12H19F3O2.C12H17F3O2.C10H15F3O2.C7H14N2O.C2H6.CH4O/c18-17(19,20)11-8-12-4-6-13(7-5-12)14(23)22-16(15(21)24)9-2-1-3-10-16;2*1-2-17-11(16)10-5-3-9(4-6-10)7-8-12(13,14)15;11-10(12,13)6-5-7-1-3-8(4-2-7)9(14)15;8-6(10)7(9)4-2-1-3-5-7;2*1-2/h12-13H,1-11H2,(H2,21,24)(H,22,23);9-10H,2-8H2,1H3;7,10H,2-6,8H2,1H3;7-8H,1-6H2,(H,14,15);1-5,9H2,(H2,8,10);1-2H3;2H,1H3. The maximum atomic E-state index is 12.5. The zero-order valence-electron chi connectivity index (χ0n) is 51.8. The van der Waals surface area contributed by atoms with Gasteiger partial charge in [-0.1, -0.05) is 64.0 Å². The molecule has 0 saturated heterocycles. The van der Waals surface area contributed by atoms with Crippen molar-refractivity contribution in [3.05, 3.63) is 11.6 Å². The Morgan fingerprint density at radius 2 is 0.839 bits per heavy atom. The first kappa shape index (κ1) is 82.6. The molecule has 26 heteroatoms. The normalized spacial score (nSPS) is 24.4. The Kier molecular flexibility index (Phi) is 39.7. The van der Waals surface area contributed by atoms with Gasteiger partial charge in [0.15, 0.2) is 0 Å². The van der Waals surface area contributed by atoms with Crippen LogP contribution in [0.3, 0.4) is 0 Å². The van der Waals surface area contributed by atoms with Crippen molar-refractivity contribution in [1.29, 1.82) is 0 Å². The number of aliphatic hydroxyl groups excluding tert-OH is 1. The van der Waals surface area contributed by atoms with E-state index in [1.165, 1.54) is 12.5 Å². The molecule has 0 heterocycles. The highest BCUT2D eigenvalue weighted by atomic mass is 19.4. The van der Waals surface area contributed by atoms with Gasteiger partial charge in [-0.15, -0.1) is 0 Å². The number of ether oxygens (including phenoxy) is 2. The highest BCUT2D eigenvalue weighted by molar-refractivity contribution is 5.91. The van der Waals surface area contributed by atoms with E-state index >= 15 is 0 Å². The van der Waals surface area contributed by atoms with Crippen molar-refractivity contribution >= 4 is 35.6 Å². The van der Waals surface area contributed by atoms with E-state index in [1.807, 2.05) is 13.8 Å². The molecule has 14 nitrogen and oxygen atoms in total. The Bertz CT molecular complexity index is 1980. The summed E-state index contributed by atoms with van der Waals surface area (Å²) < 4.78 is 155. The molecular weight excluding hydrogens is 1180 g/mol. The van der Waals surface area contributed by atoms with E-state index in [0.29, 0.717) is 129 Å². The number of allylic oxidation sites excluding steroid dienone is 2. The van der Waals surface area contributed by atoms with Crippen molar-refractivity contribution in [2.75, 3.05) is 20.3 Å². The molecular formula is C61H102F12N4O10. The minimum Gasteiger partial charge on any atom is -0.481 e. The van der Waals surface area contributed by atoms with Gasteiger partial charge < -0.3 is 42.2 Å². The number of esters is 2. The number of halogens is 12. The van der Waals surface area contributed by atoms with Crippen LogP contribution in [-0.4, -0.2) is 102 Å². The van der Waals surface area contributed by atoms with Gasteiger partial charge in [-0.25, -0.2) is 0 Å². The minimum atomic E-state index is -4.13. The molecule has 9 N–H and O–H groups in total. The summed E-state index contributed by atoms with van der Waals surface area (Å²) in [6.45, 7) is 8.22. The van der Waals surface area contributed by atoms with E-state index in [2.05, 4.69) is 5.32 Å². The molecule has 0 spiro atoms. The fourth-order valence-corrected chi connectivity index (χ4v) is 11.8. The molecule has 0 aromatic carbocycles. The lowest BCUT2D eigenvalue weighted by Crippen LogP contribution is -2.59. The highest BCUT2D eigenvalue weighted by Gasteiger charge is 2.42. The zero-order chi connectivity index (χ0) is 66.7. The first-order chi connectivity index (χ1) is 40.6. The largest absolute Gasteiger partial charge is 0.481 e. The van der Waals surface area contributed by atoms with Crippen LogP contribution in [0.25, 0.3) is 0 Å². The van der Waals surface area contributed by atoms with Crippen LogP contribution in [0.4, 0.5) is 52.7 Å². The van der Waals surface area contributed by atoms with Crippen LogP contribution in [0.15, 0.2) is 11.6 Å². The number of amides is 3. The van der Waals surface area contributed by atoms with E-state index < -0.39 is 73.3 Å². The topological polar surface area (TPSA) is 251 Å². The maximum absolute atomic E-state index is 12.5. The third kappa shape index (κ3) is 36.8. The third-order valence-corrected chi connectivity index (χ3v) is 17.0. The number of rotatable bonds is 16. The van der Waals surface area contributed by atoms with Crippen molar-refractivity contribution in [1.82, 2.24) is 5.32 Å². The van der Waals surface area contributed by atoms with Gasteiger partial charge in [0.1, 0.15) is 5.54 Å². The number of carbonyl (C=O) groups is 6. The van der Waals surface area contributed by atoms with Gasteiger partial charge in [0.05, 0.1) is 42.9 Å². The lowest BCUT2D eigenvalue weighted by atomic mass is 9.77. The number of carboxylic acid groups (broad SMARTS) is 1. The summed E-state index contributed by atoms with van der Waals surface area (Å²) in [6, 6.07) is 0. The number of hydrogen-bond donors (Lipinski definition) is 6. The Labute approximate surface area is 506 Å². The van der Waals surface area contributed by atoms with Gasteiger partial charge in [0.25, 0.3) is 0 Å². The number of carboxylic acids is 1. The Hall–Kier alpha value is -4.36. The van der Waals surface area contributed by atoms with Crippen molar-refractivity contribution in [2.24, 2.45) is 58.6 Å². The van der Waals surface area contributed by atoms with E-state index in [-0.39, 0.29) is 84.4 Å². The van der Waals surface area contributed by atoms with E-state index in [9.17, 15) is 81.5 Å². The summed E-state index contributed by atoms with van der Waals surface area (Å²) in [5, 5.41) is 18.6. The third-order valence-electron chi connectivity index (χ3n) is 17.0. The number of alkyl halides is 12. The van der Waals surface area contributed by atoms with E-state index in [0.717, 1.165) is 57.6 Å². The number of primary amides is 2. The van der Waals surface area contributed by atoms with Gasteiger partial charge in [0, 0.05) is 32.3 Å². The zero-order valence-corrected chi connectivity index (χ0v) is 51.8. The molecule has 0 radical (unpaired) electrons. The van der Waals surface area contributed by atoms with Crippen LogP contribution < -0.4 is 22.5 Å². The van der Waals surface area contributed by atoms with Crippen molar-refractivity contribution < 1.29 is 101 Å². The molecule has 0 atom stereocenters. The predicted molar refractivity (Wildman–Crippen MR) is 306 cm³/mol. The summed E-state index contributed by atoms with van der Waals surface area (Å²) in [7, 11) is 1.00. The summed E-state index contributed by atoms with van der Waals surface area (Å²) in [6.07, 6.45) is 0.845. The smallest absolute Gasteiger partial charge is 0.392 e. The Balaban J connectivity index is 0.00000107. The van der Waals surface area contributed by atoms with Crippen LogP contribution in [0.5, 0.6) is 0 Å². The molecule has 87 heavy (non-hydrogen) atoms. The first-order valence-electron chi connectivity index (χ1n) is 31.3. The highest BCUT2D eigenvalue weighted by Crippen LogP contribution is 2.39. The molecule has 6 saturated carbocycles. The van der Waals surface area contributed by atoms with Crippen molar-refractivity contribution in [3.63, 3.8) is 0 Å². The summed E-state index contributed by atoms with van der Waals surface area (Å²) in [5.74, 6) is -2.80. The number of aliphatic hydroxyl groups is 1. The average molecular weight is 1280 g/mol. The number of nitrogens with two attached hydrogens (primary N) is 3. The summed E-state index contributed by atoms with van der Waals surface area (Å²) in [4.78, 5) is 68.5. The number of hydrogen-bond acceptors (Lipinski definition) is 10. The van der Waals surface area contributed by atoms with E-state index in [4.69, 9.17) is 36.9 Å². The molecule has 0 aromatic heterocycles. The molecule has 510 valence electrons. The van der Waals surface area contributed by atoms with E-state index in [1.54, 1.807) is 13.8 Å². The molecule has 0 aromatic rings. The van der Waals surface area contributed by atoms with Gasteiger partial charge >= 0.3 is 42.6 Å². The lowest BCUT2D eigenvalue weighted by Gasteiger charge is -2.37. The average Bonchev–Trinajstić information content (AvgIpc) is 2.38. The molecule has 6 aliphatic carbocycles. The fourth-order valence-electron chi connectivity index (χ4n) is 11.8. The van der Waals surface area contributed by atoms with Gasteiger partial charge in [-0.2, -0.15) is 52.7 Å². The fraction of sp³-hybridized carbons (Fsp3) is 0.869. The Morgan fingerprint density at radius 1 is 0.506 bits per heavy atom. The molecule has 6 fully saturated rings. The maximum Gasteiger partial charge on any atom is 0.392 e. The van der Waals surface area contributed by atoms with Crippen LogP contribution in [0.2, 0.25) is 0 Å². The van der Waals surface area contributed by atoms with Crippen LogP contribution in [0.1, 0.15) is 240 Å². The number of carbonyl (C=O) groups excluding carboxylic acids is 5. The van der Waals surface area contributed by atoms with Crippen LogP contribution in [-0.2, 0) is 38.2 Å². The quantitative estimate of drug-likeness (QED) is 0.0481. The predicted octanol–water partition coefficient (Wildman–Crippen LogP) is 14.7. The molecule has 6 rings (SSSR count). The summed E-state index contributed by atoms with van der Waals surface area (Å²) in [5.41, 5.74) is 15.6. The molecule has 3 amide bonds. The lowest BCUT2D eigenvalue weighted by molar-refractivity contribution is -0.150. The van der Waals surface area contributed by atoms with Crippen LogP contribution in [0, 0.1) is 41.4 Å². The SMILES string of the molecule is CC.CCOC(=O)C1CCC(=CCC(F)(F)F)CC1.CCOC(=O)C1CCC(CCC(F)(F)F)CC1.CO.NC(=O)C1(N)CCCCC1.NC(=O)C1(NC(=O)C2CCC(CCC(F)(F)F)CC2)CCCCC1.O=C(O)C1CCC(CCC(F)(F)F)CC1. The van der Waals surface area contributed by atoms with Crippen LogP contribution >= 0.6 is 0 Å². The molecule has 0 aliphatic heterocycles. The second-order valence-corrected chi connectivity index (χ2v) is 23.5. The minimum absolute atomic E-state index is 0.0375. The van der Waals surface area contributed by atoms with Crippen molar-refractivity contribution in [3.8, 4) is 0 Å². The Morgan fingerprint density at radius 3 is 1.14 bits per heavy atom. The second kappa shape index (κ2) is 41.8. The van der Waals surface area contributed by atoms with Gasteiger partial charge in [0.2, 0.25) is 17.7 Å². The summed E-state index contributed by atoms with van der Waals surface area (Å²) >= 11 is 0. The molecule has 6 aliphatic rings. The number of aliphatic carboxylic acids is 1. The monoisotopic (exact) mass is 1280 g/mol. The van der Waals surface area contributed by atoms with Gasteiger partial charge in [-0.05, 0) is 179 Å². The van der Waals surface area contributed by atoms with Crippen molar-refractivity contribution in [2.45, 2.75) is 275 Å².